The normalized spacial score (nSPS) is 10.8. The molecule has 0 bridgehead atoms. The molecule has 4 heteroatoms. The summed E-state index contributed by atoms with van der Waals surface area (Å²) in [5.74, 6) is 1.08. The predicted molar refractivity (Wildman–Crippen MR) is 61.2 cm³/mol. The first-order valence-corrected chi connectivity index (χ1v) is 5.22. The average Bonchev–Trinajstić information content (AvgIpc) is 2.17. The van der Waals surface area contributed by atoms with Crippen molar-refractivity contribution in [2.24, 2.45) is 0 Å². The van der Waals surface area contributed by atoms with Crippen LogP contribution in [0.5, 0.6) is 0 Å². The first-order valence-electron chi connectivity index (χ1n) is 5.22. The fraction of sp³-hybridized carbons (Fsp3) is 0.636. The second-order valence-corrected chi connectivity index (χ2v) is 4.03. The fourth-order valence-electron chi connectivity index (χ4n) is 1.29. The lowest BCUT2D eigenvalue weighted by molar-refractivity contribution is 0.303. The van der Waals surface area contributed by atoms with Gasteiger partial charge in [-0.05, 0) is 18.9 Å². The van der Waals surface area contributed by atoms with Gasteiger partial charge < -0.3 is 10.0 Å². The SMILES string of the molecule is Cc1cc(C(C)C)nc(N(C)CCO)n1. The van der Waals surface area contributed by atoms with Gasteiger partial charge in [0, 0.05) is 25.0 Å². The molecule has 0 saturated carbocycles. The van der Waals surface area contributed by atoms with Crippen LogP contribution in [-0.4, -0.2) is 35.3 Å². The summed E-state index contributed by atoms with van der Waals surface area (Å²) in [7, 11) is 1.88. The predicted octanol–water partition coefficient (Wildman–Crippen LogP) is 1.34. The van der Waals surface area contributed by atoms with Crippen LogP contribution < -0.4 is 4.90 Å². The van der Waals surface area contributed by atoms with E-state index in [1.807, 2.05) is 24.9 Å². The maximum Gasteiger partial charge on any atom is 0.225 e. The minimum atomic E-state index is 0.116. The second kappa shape index (κ2) is 5.07. The first kappa shape index (κ1) is 11.9. The largest absolute Gasteiger partial charge is 0.395 e. The van der Waals surface area contributed by atoms with Crippen molar-refractivity contribution in [3.8, 4) is 0 Å². The van der Waals surface area contributed by atoms with E-state index in [-0.39, 0.29) is 6.61 Å². The average molecular weight is 209 g/mol. The molecule has 4 nitrogen and oxygen atoms in total. The van der Waals surface area contributed by atoms with Crippen LogP contribution in [0.2, 0.25) is 0 Å². The molecule has 0 aliphatic carbocycles. The third kappa shape index (κ3) is 3.16. The van der Waals surface area contributed by atoms with Gasteiger partial charge in [-0.15, -0.1) is 0 Å². The van der Waals surface area contributed by atoms with Crippen LogP contribution in [0.15, 0.2) is 6.07 Å². The Kier molecular flexibility index (Phi) is 4.03. The smallest absolute Gasteiger partial charge is 0.225 e. The lowest BCUT2D eigenvalue weighted by Crippen LogP contribution is -2.24. The van der Waals surface area contributed by atoms with Crippen LogP contribution in [-0.2, 0) is 0 Å². The summed E-state index contributed by atoms with van der Waals surface area (Å²) in [6, 6.07) is 2.00. The first-order chi connectivity index (χ1) is 7.04. The molecule has 0 saturated heterocycles. The van der Waals surface area contributed by atoms with Gasteiger partial charge in [-0.1, -0.05) is 13.8 Å². The Hall–Kier alpha value is -1.16. The molecule has 1 heterocycles. The maximum absolute atomic E-state index is 8.85. The second-order valence-electron chi connectivity index (χ2n) is 4.03. The van der Waals surface area contributed by atoms with Crippen molar-refractivity contribution in [2.45, 2.75) is 26.7 Å². The van der Waals surface area contributed by atoms with Gasteiger partial charge in [0.15, 0.2) is 0 Å². The molecule has 1 rings (SSSR count). The van der Waals surface area contributed by atoms with Crippen LogP contribution in [0, 0.1) is 6.92 Å². The van der Waals surface area contributed by atoms with Crippen molar-refractivity contribution in [1.82, 2.24) is 9.97 Å². The zero-order valence-electron chi connectivity index (χ0n) is 9.86. The molecule has 15 heavy (non-hydrogen) atoms. The third-order valence-corrected chi connectivity index (χ3v) is 2.23. The van der Waals surface area contributed by atoms with E-state index in [2.05, 4.69) is 23.8 Å². The van der Waals surface area contributed by atoms with Crippen LogP contribution in [0.25, 0.3) is 0 Å². The standard InChI is InChI=1S/C11H19N3O/c1-8(2)10-7-9(3)12-11(13-10)14(4)5-6-15/h7-8,15H,5-6H2,1-4H3. The number of anilines is 1. The van der Waals surface area contributed by atoms with E-state index in [0.717, 1.165) is 11.4 Å². The van der Waals surface area contributed by atoms with Gasteiger partial charge in [-0.3, -0.25) is 0 Å². The highest BCUT2D eigenvalue weighted by molar-refractivity contribution is 5.31. The highest BCUT2D eigenvalue weighted by Crippen LogP contribution is 2.15. The zero-order chi connectivity index (χ0) is 11.4. The lowest BCUT2D eigenvalue weighted by Gasteiger charge is -2.17. The molecule has 0 atom stereocenters. The van der Waals surface area contributed by atoms with E-state index >= 15 is 0 Å². The Labute approximate surface area is 91.0 Å². The summed E-state index contributed by atoms with van der Waals surface area (Å²) < 4.78 is 0. The number of aliphatic hydroxyl groups excluding tert-OH is 1. The number of aromatic nitrogens is 2. The lowest BCUT2D eigenvalue weighted by atomic mass is 10.1. The number of aliphatic hydroxyl groups is 1. The van der Waals surface area contributed by atoms with Crippen molar-refractivity contribution < 1.29 is 5.11 Å². The van der Waals surface area contributed by atoms with Gasteiger partial charge in [0.1, 0.15) is 0 Å². The number of nitrogens with zero attached hydrogens (tertiary/aromatic N) is 3. The van der Waals surface area contributed by atoms with Gasteiger partial charge in [-0.2, -0.15) is 0 Å². The van der Waals surface area contributed by atoms with Gasteiger partial charge >= 0.3 is 0 Å². The summed E-state index contributed by atoms with van der Waals surface area (Å²) in [6.07, 6.45) is 0. The van der Waals surface area contributed by atoms with E-state index in [0.29, 0.717) is 18.4 Å². The molecular weight excluding hydrogens is 190 g/mol. The van der Waals surface area contributed by atoms with Gasteiger partial charge in [0.05, 0.1) is 6.61 Å². The quantitative estimate of drug-likeness (QED) is 0.813. The van der Waals surface area contributed by atoms with E-state index in [4.69, 9.17) is 5.11 Å². The molecule has 84 valence electrons. The molecule has 0 spiro atoms. The Bertz CT molecular complexity index is 326. The minimum absolute atomic E-state index is 0.116. The molecular formula is C11H19N3O. The maximum atomic E-state index is 8.85. The Balaban J connectivity index is 2.98. The molecule has 0 aliphatic heterocycles. The summed E-state index contributed by atoms with van der Waals surface area (Å²) in [5, 5.41) is 8.85. The number of rotatable bonds is 4. The molecule has 1 aromatic heterocycles. The van der Waals surface area contributed by atoms with E-state index in [9.17, 15) is 0 Å². The fourth-order valence-corrected chi connectivity index (χ4v) is 1.29. The summed E-state index contributed by atoms with van der Waals surface area (Å²) in [4.78, 5) is 10.7. The van der Waals surface area contributed by atoms with Crippen molar-refractivity contribution in [3.63, 3.8) is 0 Å². The van der Waals surface area contributed by atoms with Crippen LogP contribution >= 0.6 is 0 Å². The van der Waals surface area contributed by atoms with Gasteiger partial charge in [0.25, 0.3) is 0 Å². The van der Waals surface area contributed by atoms with Gasteiger partial charge in [-0.25, -0.2) is 9.97 Å². The summed E-state index contributed by atoms with van der Waals surface area (Å²) in [6.45, 7) is 6.85. The molecule has 0 amide bonds. The number of likely N-dealkylation sites (N-methyl/N-ethyl adjacent to an activating group) is 1. The highest BCUT2D eigenvalue weighted by Gasteiger charge is 2.08. The van der Waals surface area contributed by atoms with E-state index in [1.165, 1.54) is 0 Å². The van der Waals surface area contributed by atoms with Gasteiger partial charge in [0.2, 0.25) is 5.95 Å². The third-order valence-electron chi connectivity index (χ3n) is 2.23. The molecule has 1 N–H and O–H groups in total. The number of hydrogen-bond donors (Lipinski definition) is 1. The van der Waals surface area contributed by atoms with Crippen LogP contribution in [0.4, 0.5) is 5.95 Å². The Morgan fingerprint density at radius 3 is 2.60 bits per heavy atom. The Morgan fingerprint density at radius 2 is 2.07 bits per heavy atom. The van der Waals surface area contributed by atoms with E-state index < -0.39 is 0 Å². The summed E-state index contributed by atoms with van der Waals surface area (Å²) >= 11 is 0. The molecule has 1 aromatic rings. The number of aryl methyl sites for hydroxylation is 1. The zero-order valence-corrected chi connectivity index (χ0v) is 9.86. The van der Waals surface area contributed by atoms with Crippen molar-refractivity contribution in [3.05, 3.63) is 17.5 Å². The number of hydrogen-bond acceptors (Lipinski definition) is 4. The topological polar surface area (TPSA) is 49.2 Å². The van der Waals surface area contributed by atoms with E-state index in [1.54, 1.807) is 0 Å². The van der Waals surface area contributed by atoms with Crippen LogP contribution in [0.1, 0.15) is 31.2 Å². The van der Waals surface area contributed by atoms with Crippen molar-refractivity contribution in [1.29, 1.82) is 0 Å². The molecule has 0 aliphatic rings. The molecule has 0 unspecified atom stereocenters. The van der Waals surface area contributed by atoms with Crippen molar-refractivity contribution >= 4 is 5.95 Å². The molecule has 0 fully saturated rings. The highest BCUT2D eigenvalue weighted by atomic mass is 16.3. The molecule has 0 radical (unpaired) electrons. The monoisotopic (exact) mass is 209 g/mol. The van der Waals surface area contributed by atoms with Crippen molar-refractivity contribution in [2.75, 3.05) is 25.1 Å². The Morgan fingerprint density at radius 1 is 1.40 bits per heavy atom. The van der Waals surface area contributed by atoms with Crippen LogP contribution in [0.3, 0.4) is 0 Å². The summed E-state index contributed by atoms with van der Waals surface area (Å²) in [5.41, 5.74) is 2.01. The minimum Gasteiger partial charge on any atom is -0.395 e. The molecule has 0 aromatic carbocycles.